The summed E-state index contributed by atoms with van der Waals surface area (Å²) in [4.78, 5) is 52.2. The summed E-state index contributed by atoms with van der Waals surface area (Å²) in [6.07, 6.45) is 0.149. The second-order valence-corrected chi connectivity index (χ2v) is 6.65. The summed E-state index contributed by atoms with van der Waals surface area (Å²) in [6.45, 7) is 5.60. The molecule has 1 heterocycles. The fourth-order valence-corrected chi connectivity index (χ4v) is 3.78. The van der Waals surface area contributed by atoms with E-state index in [4.69, 9.17) is 0 Å². The van der Waals surface area contributed by atoms with Crippen LogP contribution in [0.15, 0.2) is 24.3 Å². The average molecular weight is 344 g/mol. The molecule has 0 bridgehead atoms. The number of Topliss-reactive ketones (excluding diaryl/α,β-unsaturated/α-hetero) is 3. The van der Waals surface area contributed by atoms with Gasteiger partial charge in [0.2, 0.25) is 5.91 Å². The van der Waals surface area contributed by atoms with E-state index >= 15 is 0 Å². The average Bonchev–Trinajstić information content (AvgIpc) is 2.49. The van der Waals surface area contributed by atoms with Crippen molar-refractivity contribution in [1.82, 2.24) is 0 Å². The molecule has 0 saturated carbocycles. The molecule has 0 N–H and O–H groups in total. The van der Waals surface area contributed by atoms with Gasteiger partial charge in [-0.05, 0) is 32.9 Å². The highest BCUT2D eigenvalue weighted by Crippen LogP contribution is 2.41. The number of fused-ring (bicyclic) bond motifs is 1. The van der Waals surface area contributed by atoms with Gasteiger partial charge in [-0.25, -0.2) is 0 Å². The molecule has 2 rings (SSSR count). The number of hydrogen-bond acceptors (Lipinski definition) is 5. The maximum atomic E-state index is 12.5. The number of likely N-dealkylation sites (N-methyl/N-ethyl adjacent to an activating group) is 1. The molecule has 0 saturated heterocycles. The topological polar surface area (TPSA) is 74.8 Å². The van der Waals surface area contributed by atoms with Crippen molar-refractivity contribution in [1.29, 1.82) is 0 Å². The second kappa shape index (κ2) is 7.17. The number of carbonyl (C=O) groups is 4. The van der Waals surface area contributed by atoms with E-state index in [0.29, 0.717) is 5.69 Å². The normalized spacial score (nSPS) is 19.6. The molecular weight excluding hydrogens is 320 g/mol. The number of anilines is 2. The molecule has 6 heteroatoms. The number of rotatable bonds is 5. The van der Waals surface area contributed by atoms with Gasteiger partial charge in [0.25, 0.3) is 0 Å². The third kappa shape index (κ3) is 3.48. The van der Waals surface area contributed by atoms with Gasteiger partial charge in [0.1, 0.15) is 17.3 Å². The number of para-hydroxylation sites is 2. The van der Waals surface area contributed by atoms with E-state index in [1.165, 1.54) is 32.6 Å². The van der Waals surface area contributed by atoms with Gasteiger partial charge >= 0.3 is 0 Å². The lowest BCUT2D eigenvalue weighted by Crippen LogP contribution is -2.62. The zero-order valence-electron chi connectivity index (χ0n) is 15.3. The van der Waals surface area contributed by atoms with Crippen LogP contribution in [0, 0.1) is 5.92 Å². The van der Waals surface area contributed by atoms with E-state index in [0.717, 1.165) is 5.69 Å². The second-order valence-electron chi connectivity index (χ2n) is 6.65. The van der Waals surface area contributed by atoms with Crippen molar-refractivity contribution in [3.63, 3.8) is 0 Å². The number of benzene rings is 1. The van der Waals surface area contributed by atoms with Crippen LogP contribution in [0.25, 0.3) is 0 Å². The van der Waals surface area contributed by atoms with E-state index in [1.807, 2.05) is 30.1 Å². The Morgan fingerprint density at radius 2 is 1.48 bits per heavy atom. The van der Waals surface area contributed by atoms with Crippen LogP contribution in [0.2, 0.25) is 0 Å². The molecule has 1 aliphatic rings. The molecule has 2 atom stereocenters. The molecule has 0 fully saturated rings. The van der Waals surface area contributed by atoms with E-state index in [1.54, 1.807) is 6.07 Å². The van der Waals surface area contributed by atoms with Crippen LogP contribution in [0.5, 0.6) is 0 Å². The number of nitrogens with zero attached hydrogens (tertiary/aromatic N) is 2. The summed E-state index contributed by atoms with van der Waals surface area (Å²) in [6, 6.07) is 6.16. The number of ketones is 3. The SMILES string of the molecule is CC(=O)CC1C(C(C(C)=O)C(C)=O)N(C(C)=O)c2ccccc2N1C. The van der Waals surface area contributed by atoms with Gasteiger partial charge in [-0.15, -0.1) is 0 Å². The van der Waals surface area contributed by atoms with Crippen molar-refractivity contribution >= 4 is 34.6 Å². The van der Waals surface area contributed by atoms with Crippen LogP contribution < -0.4 is 9.80 Å². The first-order valence-electron chi connectivity index (χ1n) is 8.28. The summed E-state index contributed by atoms with van der Waals surface area (Å²) < 4.78 is 0. The molecule has 1 amide bonds. The number of hydrogen-bond donors (Lipinski definition) is 0. The van der Waals surface area contributed by atoms with E-state index in [2.05, 4.69) is 0 Å². The summed E-state index contributed by atoms with van der Waals surface area (Å²) in [5.41, 5.74) is 1.45. The van der Waals surface area contributed by atoms with E-state index < -0.39 is 18.0 Å². The monoisotopic (exact) mass is 344 g/mol. The van der Waals surface area contributed by atoms with Gasteiger partial charge in [-0.3, -0.25) is 19.2 Å². The molecule has 2 unspecified atom stereocenters. The zero-order valence-corrected chi connectivity index (χ0v) is 15.3. The fourth-order valence-electron chi connectivity index (χ4n) is 3.78. The molecule has 134 valence electrons. The summed E-state index contributed by atoms with van der Waals surface area (Å²) in [5, 5.41) is 0. The molecular formula is C19H24N2O4. The van der Waals surface area contributed by atoms with Crippen LogP contribution in [-0.4, -0.2) is 42.4 Å². The van der Waals surface area contributed by atoms with Crippen LogP contribution in [0.1, 0.15) is 34.1 Å². The van der Waals surface area contributed by atoms with Crippen LogP contribution in [-0.2, 0) is 19.2 Å². The molecule has 0 aliphatic carbocycles. The fraction of sp³-hybridized carbons (Fsp3) is 0.474. The Morgan fingerprint density at radius 3 is 1.92 bits per heavy atom. The standard InChI is InChI=1S/C19H24N2O4/c1-11(22)10-17-19(18(12(2)23)13(3)24)21(14(4)25)16-9-7-6-8-15(16)20(17)5/h6-9,17-19H,10H2,1-5H3. The Bertz CT molecular complexity index is 714. The van der Waals surface area contributed by atoms with Gasteiger partial charge in [-0.2, -0.15) is 0 Å². The maximum Gasteiger partial charge on any atom is 0.224 e. The summed E-state index contributed by atoms with van der Waals surface area (Å²) >= 11 is 0. The van der Waals surface area contributed by atoms with Crippen molar-refractivity contribution in [2.24, 2.45) is 5.92 Å². The Balaban J connectivity index is 2.72. The molecule has 1 aliphatic heterocycles. The van der Waals surface area contributed by atoms with E-state index in [-0.39, 0.29) is 29.7 Å². The minimum atomic E-state index is -0.968. The Labute approximate surface area is 147 Å². The smallest absolute Gasteiger partial charge is 0.224 e. The van der Waals surface area contributed by atoms with E-state index in [9.17, 15) is 19.2 Å². The first kappa shape index (κ1) is 18.8. The predicted octanol–water partition coefficient (Wildman–Crippen LogP) is 2.00. The number of carbonyl (C=O) groups excluding carboxylic acids is 4. The third-order valence-electron chi connectivity index (χ3n) is 4.76. The summed E-state index contributed by atoms with van der Waals surface area (Å²) in [7, 11) is 1.83. The molecule has 0 radical (unpaired) electrons. The quantitative estimate of drug-likeness (QED) is 0.764. The van der Waals surface area contributed by atoms with Crippen molar-refractivity contribution in [2.45, 2.75) is 46.2 Å². The number of amides is 1. The Morgan fingerprint density at radius 1 is 0.960 bits per heavy atom. The minimum Gasteiger partial charge on any atom is -0.367 e. The molecule has 0 aromatic heterocycles. The van der Waals surface area contributed by atoms with Crippen molar-refractivity contribution in [3.8, 4) is 0 Å². The van der Waals surface area contributed by atoms with Crippen molar-refractivity contribution < 1.29 is 19.2 Å². The molecule has 1 aromatic carbocycles. The van der Waals surface area contributed by atoms with Gasteiger partial charge in [0.05, 0.1) is 29.4 Å². The van der Waals surface area contributed by atoms with Crippen LogP contribution in [0.3, 0.4) is 0 Å². The lowest BCUT2D eigenvalue weighted by molar-refractivity contribution is -0.132. The minimum absolute atomic E-state index is 0.0596. The van der Waals surface area contributed by atoms with Crippen LogP contribution >= 0.6 is 0 Å². The van der Waals surface area contributed by atoms with Gasteiger partial charge in [0, 0.05) is 20.4 Å². The highest BCUT2D eigenvalue weighted by molar-refractivity contribution is 6.05. The van der Waals surface area contributed by atoms with Gasteiger partial charge < -0.3 is 9.80 Å². The lowest BCUT2D eigenvalue weighted by atomic mass is 9.81. The zero-order chi connectivity index (χ0) is 18.9. The molecule has 25 heavy (non-hydrogen) atoms. The van der Waals surface area contributed by atoms with Crippen LogP contribution in [0.4, 0.5) is 11.4 Å². The maximum absolute atomic E-state index is 12.5. The Kier molecular flexibility index (Phi) is 5.40. The lowest BCUT2D eigenvalue weighted by Gasteiger charge is -2.49. The van der Waals surface area contributed by atoms with Crippen molar-refractivity contribution in [2.75, 3.05) is 16.8 Å². The first-order valence-corrected chi connectivity index (χ1v) is 8.28. The predicted molar refractivity (Wildman–Crippen MR) is 95.7 cm³/mol. The first-order chi connectivity index (χ1) is 11.7. The van der Waals surface area contributed by atoms with Crippen molar-refractivity contribution in [3.05, 3.63) is 24.3 Å². The molecule has 0 spiro atoms. The highest BCUT2D eigenvalue weighted by Gasteiger charge is 2.47. The molecule has 6 nitrogen and oxygen atoms in total. The largest absolute Gasteiger partial charge is 0.367 e. The van der Waals surface area contributed by atoms with Gasteiger partial charge in [0.15, 0.2) is 0 Å². The third-order valence-corrected chi connectivity index (χ3v) is 4.76. The van der Waals surface area contributed by atoms with Gasteiger partial charge in [-0.1, -0.05) is 12.1 Å². The molecule has 1 aromatic rings. The highest BCUT2D eigenvalue weighted by atomic mass is 16.2. The Hall–Kier alpha value is -2.50. The summed E-state index contributed by atoms with van der Waals surface area (Å²) in [5.74, 6) is -1.89.